The van der Waals surface area contributed by atoms with Crippen LogP contribution in [-0.4, -0.2) is 52.7 Å². The first-order valence-corrected chi connectivity index (χ1v) is 9.28. The lowest BCUT2D eigenvalue weighted by Crippen LogP contribution is -2.30. The number of aromatic nitrogens is 3. The van der Waals surface area contributed by atoms with E-state index in [4.69, 9.17) is 10.5 Å². The van der Waals surface area contributed by atoms with Crippen molar-refractivity contribution in [2.24, 2.45) is 23.5 Å². The number of carbonyl (C=O) groups excluding carboxylic acids is 2. The number of ether oxygens (including phenoxy) is 1. The average molecular weight is 404 g/mol. The summed E-state index contributed by atoms with van der Waals surface area (Å²) in [4.78, 5) is 26.3. The molecule has 29 heavy (non-hydrogen) atoms. The zero-order valence-electron chi connectivity index (χ0n) is 15.2. The fourth-order valence-electron chi connectivity index (χ4n) is 4.51. The number of primary amides is 1. The minimum atomic E-state index is -0.760. The molecule has 1 aromatic carbocycles. The van der Waals surface area contributed by atoms with Crippen molar-refractivity contribution in [3.63, 3.8) is 0 Å². The predicted molar refractivity (Wildman–Crippen MR) is 95.9 cm³/mol. The van der Waals surface area contributed by atoms with Crippen LogP contribution in [0, 0.1) is 29.4 Å². The molecule has 5 rings (SSSR count). The summed E-state index contributed by atoms with van der Waals surface area (Å²) in [6.07, 6.45) is 1.96. The van der Waals surface area contributed by atoms with Gasteiger partial charge in [-0.05, 0) is 11.8 Å². The van der Waals surface area contributed by atoms with E-state index in [9.17, 15) is 18.4 Å². The molecule has 0 radical (unpaired) electrons. The Morgan fingerprint density at radius 3 is 2.48 bits per heavy atom. The minimum Gasteiger partial charge on any atom is -0.442 e. The number of fused-ring (bicyclic) bond motifs is 1. The number of amides is 2. The zero-order valence-corrected chi connectivity index (χ0v) is 15.2. The molecule has 11 heteroatoms. The number of benzene rings is 1. The summed E-state index contributed by atoms with van der Waals surface area (Å²) < 4.78 is 36.3. The molecule has 4 atom stereocenters. The van der Waals surface area contributed by atoms with Crippen LogP contribution in [0.3, 0.4) is 0 Å². The molecule has 3 aliphatic rings. The van der Waals surface area contributed by atoms with Crippen molar-refractivity contribution in [1.82, 2.24) is 15.0 Å². The maximum Gasteiger partial charge on any atom is 0.414 e. The molecule has 2 amide bonds. The molecule has 2 saturated heterocycles. The Bertz CT molecular complexity index is 949. The number of halogens is 2. The van der Waals surface area contributed by atoms with E-state index in [-0.39, 0.29) is 41.6 Å². The molecule has 2 aromatic rings. The molecule has 1 aliphatic carbocycles. The van der Waals surface area contributed by atoms with E-state index in [0.717, 1.165) is 12.1 Å². The fraction of sp³-hybridized carbons (Fsp3) is 0.444. The summed E-state index contributed by atoms with van der Waals surface area (Å²) >= 11 is 0. The maximum atomic E-state index is 14.8. The summed E-state index contributed by atoms with van der Waals surface area (Å²) in [5.74, 6) is -1.97. The summed E-state index contributed by atoms with van der Waals surface area (Å²) in [5.41, 5.74) is 5.27. The van der Waals surface area contributed by atoms with E-state index in [1.165, 1.54) is 15.8 Å². The summed E-state index contributed by atoms with van der Waals surface area (Å²) in [7, 11) is 0. The Morgan fingerprint density at radius 2 is 1.90 bits per heavy atom. The van der Waals surface area contributed by atoms with Crippen molar-refractivity contribution in [3.05, 3.63) is 36.2 Å². The van der Waals surface area contributed by atoms with E-state index < -0.39 is 23.8 Å². The molecule has 0 bridgehead atoms. The van der Waals surface area contributed by atoms with Gasteiger partial charge < -0.3 is 15.4 Å². The van der Waals surface area contributed by atoms with Gasteiger partial charge in [0.1, 0.15) is 11.8 Å². The van der Waals surface area contributed by atoms with Crippen LogP contribution in [-0.2, 0) is 16.1 Å². The molecular weight excluding hydrogens is 386 g/mol. The quantitative estimate of drug-likeness (QED) is 0.788. The topological polar surface area (TPSA) is 107 Å². The molecule has 1 aromatic heterocycles. The number of nitrogens with two attached hydrogens (primary N) is 1. The van der Waals surface area contributed by atoms with Gasteiger partial charge in [0.25, 0.3) is 0 Å². The van der Waals surface area contributed by atoms with Gasteiger partial charge in [-0.1, -0.05) is 5.21 Å². The van der Waals surface area contributed by atoms with E-state index in [2.05, 4.69) is 10.3 Å². The van der Waals surface area contributed by atoms with Gasteiger partial charge in [0.2, 0.25) is 5.91 Å². The molecular formula is C18H18F2N6O3. The molecule has 2 N–H and O–H groups in total. The van der Waals surface area contributed by atoms with Crippen molar-refractivity contribution < 1.29 is 23.1 Å². The maximum absolute atomic E-state index is 14.8. The van der Waals surface area contributed by atoms with Crippen LogP contribution in [0.15, 0.2) is 24.5 Å². The highest BCUT2D eigenvalue weighted by molar-refractivity contribution is 5.90. The number of hydrogen-bond acceptors (Lipinski definition) is 6. The number of anilines is 2. The van der Waals surface area contributed by atoms with Crippen LogP contribution in [0.5, 0.6) is 0 Å². The lowest BCUT2D eigenvalue weighted by atomic mass is 10.2. The molecule has 3 fully saturated rings. The van der Waals surface area contributed by atoms with Crippen molar-refractivity contribution in [1.29, 1.82) is 0 Å². The molecule has 9 nitrogen and oxygen atoms in total. The molecule has 2 aliphatic heterocycles. The molecule has 0 spiro atoms. The SMILES string of the molecule is NC(=O)C1[C@H]2CN(c3c(F)cc(N4C[C@H](Cn5ccnn5)OC4=O)cc3F)C[C@@H]12. The van der Waals surface area contributed by atoms with Gasteiger partial charge in [-0.15, -0.1) is 5.10 Å². The van der Waals surface area contributed by atoms with Crippen LogP contribution < -0.4 is 15.5 Å². The van der Waals surface area contributed by atoms with E-state index in [0.29, 0.717) is 19.6 Å². The number of hydrogen-bond donors (Lipinski definition) is 1. The van der Waals surface area contributed by atoms with Gasteiger partial charge in [-0.2, -0.15) is 0 Å². The highest BCUT2D eigenvalue weighted by Crippen LogP contribution is 2.53. The fourth-order valence-corrected chi connectivity index (χ4v) is 4.51. The Balaban J connectivity index is 1.31. The first-order chi connectivity index (χ1) is 13.9. The van der Waals surface area contributed by atoms with Crippen molar-refractivity contribution in [2.75, 3.05) is 29.4 Å². The number of carbonyl (C=O) groups is 2. The highest BCUT2D eigenvalue weighted by Gasteiger charge is 2.59. The smallest absolute Gasteiger partial charge is 0.414 e. The summed E-state index contributed by atoms with van der Waals surface area (Å²) in [6.45, 7) is 1.21. The van der Waals surface area contributed by atoms with E-state index in [1.54, 1.807) is 11.1 Å². The highest BCUT2D eigenvalue weighted by atomic mass is 19.1. The molecule has 1 saturated carbocycles. The molecule has 3 heterocycles. The van der Waals surface area contributed by atoms with Gasteiger partial charge in [0.05, 0.1) is 25.0 Å². The second kappa shape index (κ2) is 6.39. The monoisotopic (exact) mass is 404 g/mol. The number of nitrogens with zero attached hydrogens (tertiary/aromatic N) is 5. The zero-order chi connectivity index (χ0) is 20.3. The minimum absolute atomic E-state index is 0.0529. The van der Waals surface area contributed by atoms with E-state index >= 15 is 0 Å². The van der Waals surface area contributed by atoms with Gasteiger partial charge >= 0.3 is 6.09 Å². The Kier molecular flexibility index (Phi) is 3.93. The third kappa shape index (κ3) is 2.97. The normalized spacial score (nSPS) is 27.9. The van der Waals surface area contributed by atoms with Crippen LogP contribution in [0.4, 0.5) is 25.0 Å². The number of rotatable bonds is 5. The molecule has 1 unspecified atom stereocenters. The largest absolute Gasteiger partial charge is 0.442 e. The van der Waals surface area contributed by atoms with Crippen LogP contribution in [0.1, 0.15) is 0 Å². The second-order valence-corrected chi connectivity index (χ2v) is 7.66. The first-order valence-electron chi connectivity index (χ1n) is 9.28. The Hall–Kier alpha value is -3.24. The van der Waals surface area contributed by atoms with Crippen molar-refractivity contribution >= 4 is 23.4 Å². The third-order valence-corrected chi connectivity index (χ3v) is 5.89. The predicted octanol–water partition coefficient (Wildman–Crippen LogP) is 0.749. The van der Waals surface area contributed by atoms with Crippen LogP contribution >= 0.6 is 0 Å². The van der Waals surface area contributed by atoms with Crippen molar-refractivity contribution in [2.45, 2.75) is 12.6 Å². The number of cyclic esters (lactones) is 1. The Morgan fingerprint density at radius 1 is 1.21 bits per heavy atom. The summed E-state index contributed by atoms with van der Waals surface area (Å²) in [5, 5.41) is 7.50. The van der Waals surface area contributed by atoms with E-state index in [1.807, 2.05) is 0 Å². The van der Waals surface area contributed by atoms with Crippen molar-refractivity contribution in [3.8, 4) is 0 Å². The second-order valence-electron chi connectivity index (χ2n) is 7.66. The lowest BCUT2D eigenvalue weighted by molar-refractivity contribution is -0.119. The summed E-state index contributed by atoms with van der Waals surface area (Å²) in [6, 6.07) is 2.26. The van der Waals surface area contributed by atoms with Crippen LogP contribution in [0.2, 0.25) is 0 Å². The number of piperidine rings is 1. The Labute approximate surface area is 164 Å². The van der Waals surface area contributed by atoms with Gasteiger partial charge in [-0.25, -0.2) is 18.3 Å². The standard InChI is InChI=1S/C18H18F2N6O3/c19-13-3-9(26-6-10(29-18(26)28)5-25-2-1-22-23-25)4-14(20)16(13)24-7-11-12(8-24)15(11)17(21)27/h1-4,10-12,15H,5-8H2,(H2,21,27)/t10-,11-,12+,15?/m0/s1. The molecule has 152 valence electrons. The third-order valence-electron chi connectivity index (χ3n) is 5.89. The van der Waals surface area contributed by atoms with Gasteiger partial charge in [0.15, 0.2) is 11.6 Å². The van der Waals surface area contributed by atoms with Gasteiger partial charge in [-0.3, -0.25) is 9.69 Å². The average Bonchev–Trinajstić information content (AvgIpc) is 3.08. The van der Waals surface area contributed by atoms with Gasteiger partial charge in [0, 0.05) is 37.3 Å². The van der Waals surface area contributed by atoms with Crippen LogP contribution in [0.25, 0.3) is 0 Å². The first kappa shape index (κ1) is 17.8. The lowest BCUT2D eigenvalue weighted by Gasteiger charge is -2.24.